The summed E-state index contributed by atoms with van der Waals surface area (Å²) in [5, 5.41) is 0. The fraction of sp³-hybridized carbons (Fsp3) is 0.471. The smallest absolute Gasteiger partial charge is 0.120 e. The maximum atomic E-state index is 5.67. The predicted octanol–water partition coefficient (Wildman–Crippen LogP) is 3.76. The average molecular weight is 271 g/mol. The number of aromatic nitrogens is 2. The van der Waals surface area contributed by atoms with E-state index in [1.165, 1.54) is 22.3 Å². The Balaban J connectivity index is 2.61. The molecule has 0 bridgehead atoms. The Hall–Kier alpha value is -1.61. The lowest BCUT2D eigenvalue weighted by atomic mass is 9.83. The van der Waals surface area contributed by atoms with Gasteiger partial charge in [0.15, 0.2) is 0 Å². The van der Waals surface area contributed by atoms with Crippen molar-refractivity contribution in [3.05, 3.63) is 40.3 Å². The molecule has 3 heteroatoms. The molecule has 1 aromatic heterocycles. The standard InChI is InChI=1S/C17H25N3/c1-10-7-13(17(4,5)6)8-11(2)15(10)16-12(3)19-14(9-18)20-16/h7-8H,9,18H2,1-6H3,(H,19,20). The van der Waals surface area contributed by atoms with E-state index in [4.69, 9.17) is 5.73 Å². The van der Waals surface area contributed by atoms with Crippen molar-refractivity contribution in [2.24, 2.45) is 5.73 Å². The highest BCUT2D eigenvalue weighted by molar-refractivity contribution is 5.70. The van der Waals surface area contributed by atoms with E-state index in [1.54, 1.807) is 0 Å². The van der Waals surface area contributed by atoms with Crippen LogP contribution in [0.2, 0.25) is 0 Å². The van der Waals surface area contributed by atoms with Crippen molar-refractivity contribution < 1.29 is 0 Å². The maximum absolute atomic E-state index is 5.67. The van der Waals surface area contributed by atoms with Crippen LogP contribution in [0.5, 0.6) is 0 Å². The highest BCUT2D eigenvalue weighted by atomic mass is 15.0. The molecule has 2 rings (SSSR count). The number of H-pyrrole nitrogens is 1. The van der Waals surface area contributed by atoms with Gasteiger partial charge in [-0.25, -0.2) is 4.98 Å². The van der Waals surface area contributed by atoms with E-state index in [0.717, 1.165) is 17.2 Å². The molecule has 20 heavy (non-hydrogen) atoms. The van der Waals surface area contributed by atoms with Crippen LogP contribution in [0.1, 0.15) is 49.0 Å². The van der Waals surface area contributed by atoms with Gasteiger partial charge in [0.25, 0.3) is 0 Å². The van der Waals surface area contributed by atoms with Gasteiger partial charge < -0.3 is 10.7 Å². The number of aryl methyl sites for hydroxylation is 3. The number of nitrogens with one attached hydrogen (secondary N) is 1. The molecule has 0 unspecified atom stereocenters. The first-order chi connectivity index (χ1) is 9.24. The molecule has 3 nitrogen and oxygen atoms in total. The largest absolute Gasteiger partial charge is 0.344 e. The number of nitrogens with two attached hydrogens (primary N) is 1. The van der Waals surface area contributed by atoms with Gasteiger partial charge in [-0.05, 0) is 42.9 Å². The number of imidazole rings is 1. The zero-order chi connectivity index (χ0) is 15.1. The zero-order valence-corrected chi connectivity index (χ0v) is 13.4. The molecule has 3 N–H and O–H groups in total. The lowest BCUT2D eigenvalue weighted by Gasteiger charge is -2.22. The molecular formula is C17H25N3. The van der Waals surface area contributed by atoms with E-state index in [1.807, 2.05) is 0 Å². The second-order valence-corrected chi connectivity index (χ2v) is 6.60. The van der Waals surface area contributed by atoms with Gasteiger partial charge >= 0.3 is 0 Å². The Morgan fingerprint density at radius 3 is 2.05 bits per heavy atom. The van der Waals surface area contributed by atoms with Crippen LogP contribution in [0.4, 0.5) is 0 Å². The summed E-state index contributed by atoms with van der Waals surface area (Å²) in [6.07, 6.45) is 0. The minimum Gasteiger partial charge on any atom is -0.344 e. The van der Waals surface area contributed by atoms with Gasteiger partial charge in [0.05, 0.1) is 12.2 Å². The summed E-state index contributed by atoms with van der Waals surface area (Å²) in [5.41, 5.74) is 13.1. The van der Waals surface area contributed by atoms with Gasteiger partial charge in [-0.15, -0.1) is 0 Å². The van der Waals surface area contributed by atoms with Crippen molar-refractivity contribution in [1.82, 2.24) is 9.97 Å². The number of hydrogen-bond donors (Lipinski definition) is 2. The molecule has 1 aromatic carbocycles. The van der Waals surface area contributed by atoms with E-state index in [2.05, 4.69) is 63.6 Å². The summed E-state index contributed by atoms with van der Waals surface area (Å²) < 4.78 is 0. The molecule has 0 saturated heterocycles. The van der Waals surface area contributed by atoms with Crippen LogP contribution in [0.15, 0.2) is 12.1 Å². The van der Waals surface area contributed by atoms with Crippen LogP contribution in [0.25, 0.3) is 11.3 Å². The second kappa shape index (κ2) is 5.06. The van der Waals surface area contributed by atoms with Crippen molar-refractivity contribution in [2.45, 2.75) is 53.5 Å². The minimum atomic E-state index is 0.164. The third-order valence-electron chi connectivity index (χ3n) is 3.76. The Kier molecular flexibility index (Phi) is 3.74. The highest BCUT2D eigenvalue weighted by Gasteiger charge is 2.19. The first-order valence-corrected chi connectivity index (χ1v) is 7.11. The maximum Gasteiger partial charge on any atom is 0.120 e. The number of aromatic amines is 1. The number of benzene rings is 1. The second-order valence-electron chi connectivity index (χ2n) is 6.60. The third-order valence-corrected chi connectivity index (χ3v) is 3.76. The van der Waals surface area contributed by atoms with Gasteiger partial charge in [-0.1, -0.05) is 32.9 Å². The number of nitrogens with zero attached hydrogens (tertiary/aromatic N) is 1. The van der Waals surface area contributed by atoms with Crippen LogP contribution in [0.3, 0.4) is 0 Å². The van der Waals surface area contributed by atoms with Crippen LogP contribution >= 0.6 is 0 Å². The van der Waals surface area contributed by atoms with Gasteiger partial charge in [-0.3, -0.25) is 0 Å². The molecule has 108 valence electrons. The van der Waals surface area contributed by atoms with Gasteiger partial charge in [0.1, 0.15) is 5.82 Å². The summed E-state index contributed by atoms with van der Waals surface area (Å²) in [5.74, 6) is 0.844. The zero-order valence-electron chi connectivity index (χ0n) is 13.4. The summed E-state index contributed by atoms with van der Waals surface area (Å²) in [6.45, 7) is 13.5. The minimum absolute atomic E-state index is 0.164. The predicted molar refractivity (Wildman–Crippen MR) is 84.8 cm³/mol. The SMILES string of the molecule is Cc1cc(C(C)(C)C)cc(C)c1-c1nc(CN)[nH]c1C. The lowest BCUT2D eigenvalue weighted by molar-refractivity contribution is 0.589. The molecule has 0 aliphatic heterocycles. The summed E-state index contributed by atoms with van der Waals surface area (Å²) in [4.78, 5) is 7.89. The molecule has 0 aliphatic carbocycles. The highest BCUT2D eigenvalue weighted by Crippen LogP contribution is 2.33. The monoisotopic (exact) mass is 271 g/mol. The van der Waals surface area contributed by atoms with E-state index in [9.17, 15) is 0 Å². The average Bonchev–Trinajstić information content (AvgIpc) is 2.69. The topological polar surface area (TPSA) is 54.7 Å². The van der Waals surface area contributed by atoms with Crippen LogP contribution in [-0.2, 0) is 12.0 Å². The van der Waals surface area contributed by atoms with Crippen molar-refractivity contribution in [2.75, 3.05) is 0 Å². The third kappa shape index (κ3) is 2.63. The normalized spacial score (nSPS) is 11.9. The molecule has 0 aliphatic rings. The first kappa shape index (κ1) is 14.8. The Morgan fingerprint density at radius 2 is 1.65 bits per heavy atom. The number of hydrogen-bond acceptors (Lipinski definition) is 2. The summed E-state index contributed by atoms with van der Waals surface area (Å²) in [6, 6.07) is 4.55. The Bertz CT molecular complexity index is 607. The molecule has 0 atom stereocenters. The van der Waals surface area contributed by atoms with Crippen molar-refractivity contribution in [3.63, 3.8) is 0 Å². The van der Waals surface area contributed by atoms with E-state index >= 15 is 0 Å². The summed E-state index contributed by atoms with van der Waals surface area (Å²) in [7, 11) is 0. The quantitative estimate of drug-likeness (QED) is 0.873. The van der Waals surface area contributed by atoms with Gasteiger partial charge in [-0.2, -0.15) is 0 Å². The summed E-state index contributed by atoms with van der Waals surface area (Å²) >= 11 is 0. The van der Waals surface area contributed by atoms with Crippen LogP contribution < -0.4 is 5.73 Å². The molecular weight excluding hydrogens is 246 g/mol. The molecule has 0 fully saturated rings. The van der Waals surface area contributed by atoms with E-state index in [0.29, 0.717) is 6.54 Å². The van der Waals surface area contributed by atoms with Gasteiger partial charge in [0, 0.05) is 11.3 Å². The van der Waals surface area contributed by atoms with E-state index < -0.39 is 0 Å². The molecule has 0 radical (unpaired) electrons. The fourth-order valence-electron chi connectivity index (χ4n) is 2.63. The van der Waals surface area contributed by atoms with E-state index in [-0.39, 0.29) is 5.41 Å². The molecule has 0 amide bonds. The Labute approximate surface area is 121 Å². The van der Waals surface area contributed by atoms with Crippen molar-refractivity contribution in [1.29, 1.82) is 0 Å². The van der Waals surface area contributed by atoms with Crippen molar-refractivity contribution in [3.8, 4) is 11.3 Å². The lowest BCUT2D eigenvalue weighted by Crippen LogP contribution is -2.12. The van der Waals surface area contributed by atoms with Crippen LogP contribution in [0, 0.1) is 20.8 Å². The molecule has 2 aromatic rings. The Morgan fingerprint density at radius 1 is 1.10 bits per heavy atom. The molecule has 1 heterocycles. The first-order valence-electron chi connectivity index (χ1n) is 7.11. The van der Waals surface area contributed by atoms with Gasteiger partial charge in [0.2, 0.25) is 0 Å². The van der Waals surface area contributed by atoms with Crippen LogP contribution in [-0.4, -0.2) is 9.97 Å². The fourth-order valence-corrected chi connectivity index (χ4v) is 2.63. The number of rotatable bonds is 2. The molecule has 0 spiro atoms. The van der Waals surface area contributed by atoms with Crippen molar-refractivity contribution >= 4 is 0 Å². The molecule has 0 saturated carbocycles.